The quantitative estimate of drug-likeness (QED) is 0.608. The van der Waals surface area contributed by atoms with E-state index in [1.54, 1.807) is 25.1 Å². The molecule has 3 rings (SSSR count). The minimum absolute atomic E-state index is 0.731. The summed E-state index contributed by atoms with van der Waals surface area (Å²) in [5.41, 5.74) is 0.856. The van der Waals surface area contributed by atoms with Crippen molar-refractivity contribution >= 4 is 23.7 Å². The molecule has 22 heavy (non-hydrogen) atoms. The van der Waals surface area contributed by atoms with E-state index in [1.807, 2.05) is 54.6 Å². The topological polar surface area (TPSA) is 34.7 Å². The standard InChI is InChI=1S/C18H15NO2S/c1-20-15-9-7-14(8-10-15)19-13-16-11-12-18(21-16)22-17-5-3-2-4-6-17/h2-13H,1H3. The van der Waals surface area contributed by atoms with Crippen LogP contribution in [-0.2, 0) is 0 Å². The molecular formula is C18H15NO2S. The molecule has 3 nitrogen and oxygen atoms in total. The zero-order valence-electron chi connectivity index (χ0n) is 12.1. The van der Waals surface area contributed by atoms with Gasteiger partial charge in [-0.15, -0.1) is 0 Å². The van der Waals surface area contributed by atoms with E-state index in [-0.39, 0.29) is 0 Å². The maximum atomic E-state index is 5.74. The van der Waals surface area contributed by atoms with Gasteiger partial charge in [0.05, 0.1) is 19.0 Å². The smallest absolute Gasteiger partial charge is 0.165 e. The van der Waals surface area contributed by atoms with Crippen molar-refractivity contribution in [2.24, 2.45) is 4.99 Å². The summed E-state index contributed by atoms with van der Waals surface area (Å²) in [6.07, 6.45) is 1.72. The van der Waals surface area contributed by atoms with Crippen molar-refractivity contribution in [3.63, 3.8) is 0 Å². The van der Waals surface area contributed by atoms with E-state index in [0.29, 0.717) is 0 Å². The monoisotopic (exact) mass is 309 g/mol. The average molecular weight is 309 g/mol. The van der Waals surface area contributed by atoms with Crippen LogP contribution in [0.5, 0.6) is 5.75 Å². The summed E-state index contributed by atoms with van der Waals surface area (Å²) < 4.78 is 10.9. The highest BCUT2D eigenvalue weighted by Crippen LogP contribution is 2.28. The Balaban J connectivity index is 1.67. The fourth-order valence-corrected chi connectivity index (χ4v) is 2.67. The Labute approximate surface area is 133 Å². The molecule has 2 aromatic carbocycles. The molecule has 0 N–H and O–H groups in total. The van der Waals surface area contributed by atoms with Crippen molar-refractivity contribution < 1.29 is 9.15 Å². The lowest BCUT2D eigenvalue weighted by atomic mass is 10.3. The van der Waals surface area contributed by atoms with Crippen LogP contribution in [0.3, 0.4) is 0 Å². The molecule has 0 bridgehead atoms. The summed E-state index contributed by atoms with van der Waals surface area (Å²) in [7, 11) is 1.65. The Hall–Kier alpha value is -2.46. The zero-order chi connectivity index (χ0) is 15.2. The molecule has 1 heterocycles. The second-order valence-corrected chi connectivity index (χ2v) is 5.61. The van der Waals surface area contributed by atoms with Gasteiger partial charge >= 0.3 is 0 Å². The van der Waals surface area contributed by atoms with Crippen LogP contribution in [0.2, 0.25) is 0 Å². The van der Waals surface area contributed by atoms with Gasteiger partial charge in [0.1, 0.15) is 11.5 Å². The summed E-state index contributed by atoms with van der Waals surface area (Å²) in [4.78, 5) is 5.54. The second-order valence-electron chi connectivity index (χ2n) is 4.53. The van der Waals surface area contributed by atoms with Gasteiger partial charge in [0.15, 0.2) is 5.09 Å². The minimum Gasteiger partial charge on any atom is -0.497 e. The third kappa shape index (κ3) is 3.80. The van der Waals surface area contributed by atoms with Crippen molar-refractivity contribution in [1.29, 1.82) is 0 Å². The lowest BCUT2D eigenvalue weighted by Crippen LogP contribution is -1.80. The van der Waals surface area contributed by atoms with Gasteiger partial charge in [-0.1, -0.05) is 30.0 Å². The van der Waals surface area contributed by atoms with Crippen LogP contribution in [0, 0.1) is 0 Å². The third-order valence-electron chi connectivity index (χ3n) is 2.98. The SMILES string of the molecule is COc1ccc(N=Cc2ccc(Sc3ccccc3)o2)cc1. The summed E-state index contributed by atoms with van der Waals surface area (Å²) in [6.45, 7) is 0. The van der Waals surface area contributed by atoms with Crippen molar-refractivity contribution in [3.05, 3.63) is 72.5 Å². The molecule has 3 aromatic rings. The molecule has 0 unspecified atom stereocenters. The van der Waals surface area contributed by atoms with Crippen LogP contribution in [0.25, 0.3) is 0 Å². The number of methoxy groups -OCH3 is 1. The van der Waals surface area contributed by atoms with Crippen LogP contribution >= 0.6 is 11.8 Å². The van der Waals surface area contributed by atoms with E-state index >= 15 is 0 Å². The van der Waals surface area contributed by atoms with E-state index in [0.717, 1.165) is 27.2 Å². The Morgan fingerprint density at radius 3 is 2.45 bits per heavy atom. The van der Waals surface area contributed by atoms with Gasteiger partial charge in [-0.2, -0.15) is 0 Å². The zero-order valence-corrected chi connectivity index (χ0v) is 12.9. The molecule has 0 atom stereocenters. The highest BCUT2D eigenvalue weighted by atomic mass is 32.2. The molecular weight excluding hydrogens is 294 g/mol. The summed E-state index contributed by atoms with van der Waals surface area (Å²) >= 11 is 1.59. The predicted octanol–water partition coefficient (Wildman–Crippen LogP) is 5.19. The molecule has 110 valence electrons. The van der Waals surface area contributed by atoms with Crippen molar-refractivity contribution in [2.75, 3.05) is 7.11 Å². The van der Waals surface area contributed by atoms with E-state index in [2.05, 4.69) is 17.1 Å². The van der Waals surface area contributed by atoms with E-state index in [1.165, 1.54) is 0 Å². The molecule has 1 aromatic heterocycles. The van der Waals surface area contributed by atoms with Crippen LogP contribution in [0.1, 0.15) is 5.76 Å². The van der Waals surface area contributed by atoms with Crippen LogP contribution in [0.4, 0.5) is 5.69 Å². The predicted molar refractivity (Wildman–Crippen MR) is 89.5 cm³/mol. The van der Waals surface area contributed by atoms with Gasteiger partial charge < -0.3 is 9.15 Å². The number of benzene rings is 2. The molecule has 0 saturated carbocycles. The van der Waals surface area contributed by atoms with Gasteiger partial charge in [0.25, 0.3) is 0 Å². The van der Waals surface area contributed by atoms with Crippen LogP contribution < -0.4 is 4.74 Å². The Kier molecular flexibility index (Phi) is 4.61. The number of ether oxygens (including phenoxy) is 1. The summed E-state index contributed by atoms with van der Waals surface area (Å²) in [5, 5.41) is 0.849. The normalized spacial score (nSPS) is 11.0. The lowest BCUT2D eigenvalue weighted by Gasteiger charge is -1.98. The molecule has 0 aliphatic carbocycles. The number of nitrogens with zero attached hydrogens (tertiary/aromatic N) is 1. The summed E-state index contributed by atoms with van der Waals surface area (Å²) in [6, 6.07) is 21.6. The number of hydrogen-bond acceptors (Lipinski definition) is 4. The first kappa shape index (κ1) is 14.5. The van der Waals surface area contributed by atoms with E-state index in [9.17, 15) is 0 Å². The molecule has 0 fully saturated rings. The van der Waals surface area contributed by atoms with Crippen LogP contribution in [-0.4, -0.2) is 13.3 Å². The van der Waals surface area contributed by atoms with E-state index < -0.39 is 0 Å². The molecule has 0 spiro atoms. The van der Waals surface area contributed by atoms with Crippen LogP contribution in [0.15, 0.2) is 86.1 Å². The third-order valence-corrected chi connectivity index (χ3v) is 3.91. The van der Waals surface area contributed by atoms with Gasteiger partial charge in [0, 0.05) is 4.90 Å². The second kappa shape index (κ2) is 7.00. The number of furan rings is 1. The highest BCUT2D eigenvalue weighted by molar-refractivity contribution is 7.99. The van der Waals surface area contributed by atoms with Crippen molar-refractivity contribution in [2.45, 2.75) is 9.99 Å². The van der Waals surface area contributed by atoms with Crippen molar-refractivity contribution in [3.8, 4) is 5.75 Å². The fourth-order valence-electron chi connectivity index (χ4n) is 1.87. The highest BCUT2D eigenvalue weighted by Gasteiger charge is 2.02. The van der Waals surface area contributed by atoms with Gasteiger partial charge in [-0.05, 0) is 48.5 Å². The van der Waals surface area contributed by atoms with Gasteiger partial charge in [-0.3, -0.25) is 4.99 Å². The molecule has 0 aliphatic heterocycles. The first-order chi connectivity index (χ1) is 10.8. The average Bonchev–Trinajstić information content (AvgIpc) is 3.02. The minimum atomic E-state index is 0.731. The van der Waals surface area contributed by atoms with E-state index in [4.69, 9.17) is 9.15 Å². The first-order valence-electron chi connectivity index (χ1n) is 6.84. The maximum Gasteiger partial charge on any atom is 0.165 e. The molecule has 4 heteroatoms. The Morgan fingerprint density at radius 2 is 1.73 bits per heavy atom. The number of aliphatic imine (C=N–C) groups is 1. The fraction of sp³-hybridized carbons (Fsp3) is 0.0556. The largest absolute Gasteiger partial charge is 0.497 e. The molecule has 0 saturated heterocycles. The molecule has 0 aliphatic rings. The van der Waals surface area contributed by atoms with Gasteiger partial charge in [0.2, 0.25) is 0 Å². The summed E-state index contributed by atoms with van der Waals surface area (Å²) in [5.74, 6) is 1.55. The molecule has 0 radical (unpaired) electrons. The maximum absolute atomic E-state index is 5.74. The Bertz CT molecular complexity index is 748. The van der Waals surface area contributed by atoms with Crippen molar-refractivity contribution in [1.82, 2.24) is 0 Å². The number of hydrogen-bond donors (Lipinski definition) is 0. The molecule has 0 amide bonds. The Morgan fingerprint density at radius 1 is 0.955 bits per heavy atom. The lowest BCUT2D eigenvalue weighted by molar-refractivity contribution is 0.415. The van der Waals surface area contributed by atoms with Gasteiger partial charge in [-0.25, -0.2) is 0 Å². The first-order valence-corrected chi connectivity index (χ1v) is 7.66. The number of rotatable bonds is 5.